The first-order valence-corrected chi connectivity index (χ1v) is 5.74. The molecule has 0 fully saturated rings. The molecule has 0 atom stereocenters. The maximum atomic E-state index is 12.8. The second-order valence-corrected chi connectivity index (χ2v) is 4.01. The Kier molecular flexibility index (Phi) is 5.04. The number of alkyl halides is 5. The summed E-state index contributed by atoms with van der Waals surface area (Å²) in [5.41, 5.74) is 0.536. The zero-order valence-electron chi connectivity index (χ0n) is 10.5. The van der Waals surface area contributed by atoms with Crippen molar-refractivity contribution in [2.24, 2.45) is 0 Å². The summed E-state index contributed by atoms with van der Waals surface area (Å²) in [6.07, 6.45) is -5.92. The minimum absolute atomic E-state index is 0.116. The fourth-order valence-electron chi connectivity index (χ4n) is 1.37. The molecule has 1 rings (SSSR count). The van der Waals surface area contributed by atoms with Crippen LogP contribution in [0.4, 0.5) is 27.6 Å². The summed E-state index contributed by atoms with van der Waals surface area (Å²) in [5, 5.41) is 4.53. The molecule has 0 aliphatic rings. The highest BCUT2D eigenvalue weighted by Gasteiger charge is 2.63. The summed E-state index contributed by atoms with van der Waals surface area (Å²) in [4.78, 5) is 11.0. The molecule has 1 amide bonds. The zero-order valence-corrected chi connectivity index (χ0v) is 10.5. The van der Waals surface area contributed by atoms with E-state index >= 15 is 0 Å². The highest BCUT2D eigenvalue weighted by atomic mass is 19.4. The SMILES string of the molecule is CCNCc1cccc(NC(=O)C(F)(F)C(F)(F)F)c1. The Hall–Kier alpha value is -1.70. The van der Waals surface area contributed by atoms with Crippen LogP contribution in [-0.2, 0) is 11.3 Å². The van der Waals surface area contributed by atoms with Gasteiger partial charge in [-0.05, 0) is 24.2 Å². The molecule has 0 heterocycles. The molecule has 0 radical (unpaired) electrons. The molecular weight excluding hydrogens is 283 g/mol. The summed E-state index contributed by atoms with van der Waals surface area (Å²) >= 11 is 0. The Balaban J connectivity index is 2.81. The van der Waals surface area contributed by atoms with Crippen molar-refractivity contribution in [3.8, 4) is 0 Å². The number of hydrogen-bond donors (Lipinski definition) is 2. The Morgan fingerprint density at radius 2 is 1.85 bits per heavy atom. The Labute approximate surface area is 112 Å². The molecule has 1 aromatic rings. The third-order valence-corrected chi connectivity index (χ3v) is 2.41. The van der Waals surface area contributed by atoms with Crippen LogP contribution in [0, 0.1) is 0 Å². The number of rotatable bonds is 5. The van der Waals surface area contributed by atoms with Crippen molar-refractivity contribution in [1.82, 2.24) is 5.32 Å². The molecule has 0 saturated carbocycles. The number of carbonyl (C=O) groups is 1. The standard InChI is InChI=1S/C12H13F5N2O/c1-2-18-7-8-4-3-5-9(6-8)19-10(20)11(13,14)12(15,16)17/h3-6,18H,2,7H2,1H3,(H,19,20). The molecule has 0 aliphatic heterocycles. The molecule has 2 N–H and O–H groups in total. The van der Waals surface area contributed by atoms with E-state index in [1.807, 2.05) is 6.92 Å². The minimum Gasteiger partial charge on any atom is -0.321 e. The van der Waals surface area contributed by atoms with Crippen LogP contribution >= 0.6 is 0 Å². The van der Waals surface area contributed by atoms with E-state index in [0.29, 0.717) is 18.7 Å². The molecule has 8 heteroatoms. The van der Waals surface area contributed by atoms with Crippen LogP contribution in [0.3, 0.4) is 0 Å². The number of anilines is 1. The zero-order chi connectivity index (χ0) is 15.4. The van der Waals surface area contributed by atoms with Gasteiger partial charge in [-0.25, -0.2) is 0 Å². The molecule has 0 bridgehead atoms. The van der Waals surface area contributed by atoms with Crippen molar-refractivity contribution < 1.29 is 26.7 Å². The third-order valence-electron chi connectivity index (χ3n) is 2.41. The molecule has 20 heavy (non-hydrogen) atoms. The van der Waals surface area contributed by atoms with Crippen molar-refractivity contribution >= 4 is 11.6 Å². The van der Waals surface area contributed by atoms with Crippen LogP contribution < -0.4 is 10.6 Å². The number of hydrogen-bond acceptors (Lipinski definition) is 2. The topological polar surface area (TPSA) is 41.1 Å². The maximum absolute atomic E-state index is 12.8. The van der Waals surface area contributed by atoms with E-state index in [9.17, 15) is 26.7 Å². The second-order valence-electron chi connectivity index (χ2n) is 4.01. The van der Waals surface area contributed by atoms with Gasteiger partial charge in [0.2, 0.25) is 0 Å². The molecular formula is C12H13F5N2O. The summed E-state index contributed by atoms with van der Waals surface area (Å²) < 4.78 is 61.6. The number of nitrogens with one attached hydrogen (secondary N) is 2. The molecule has 112 valence electrons. The predicted molar refractivity (Wildman–Crippen MR) is 63.5 cm³/mol. The summed E-state index contributed by atoms with van der Waals surface area (Å²) in [6.45, 7) is 2.94. The van der Waals surface area contributed by atoms with Crippen molar-refractivity contribution in [1.29, 1.82) is 0 Å². The van der Waals surface area contributed by atoms with Gasteiger partial charge in [-0.1, -0.05) is 19.1 Å². The highest BCUT2D eigenvalue weighted by Crippen LogP contribution is 2.36. The van der Waals surface area contributed by atoms with Gasteiger partial charge < -0.3 is 10.6 Å². The first-order chi connectivity index (χ1) is 9.18. The number of benzene rings is 1. The lowest BCUT2D eigenvalue weighted by Gasteiger charge is -2.18. The van der Waals surface area contributed by atoms with Gasteiger partial charge in [-0.3, -0.25) is 4.79 Å². The molecule has 0 saturated heterocycles. The third kappa shape index (κ3) is 3.89. The normalized spacial score (nSPS) is 12.3. The van der Waals surface area contributed by atoms with Gasteiger partial charge in [0.25, 0.3) is 0 Å². The quantitative estimate of drug-likeness (QED) is 0.820. The van der Waals surface area contributed by atoms with E-state index in [0.717, 1.165) is 0 Å². The number of halogens is 5. The fraction of sp³-hybridized carbons (Fsp3) is 0.417. The van der Waals surface area contributed by atoms with Gasteiger partial charge in [0.1, 0.15) is 0 Å². The highest BCUT2D eigenvalue weighted by molar-refractivity contribution is 5.96. The van der Waals surface area contributed by atoms with Crippen molar-refractivity contribution in [2.45, 2.75) is 25.6 Å². The van der Waals surface area contributed by atoms with E-state index in [-0.39, 0.29) is 5.69 Å². The van der Waals surface area contributed by atoms with Gasteiger partial charge in [-0.15, -0.1) is 0 Å². The van der Waals surface area contributed by atoms with Crippen LogP contribution in [-0.4, -0.2) is 24.6 Å². The first-order valence-electron chi connectivity index (χ1n) is 5.74. The van der Waals surface area contributed by atoms with E-state index in [1.165, 1.54) is 18.2 Å². The minimum atomic E-state index is -5.92. The molecule has 1 aromatic carbocycles. The van der Waals surface area contributed by atoms with Crippen LogP contribution in [0.1, 0.15) is 12.5 Å². The van der Waals surface area contributed by atoms with E-state index in [4.69, 9.17) is 0 Å². The predicted octanol–water partition coefficient (Wildman–Crippen LogP) is 2.93. The van der Waals surface area contributed by atoms with E-state index in [1.54, 1.807) is 11.4 Å². The molecule has 3 nitrogen and oxygen atoms in total. The Morgan fingerprint density at radius 3 is 2.40 bits per heavy atom. The first kappa shape index (κ1) is 16.4. The van der Waals surface area contributed by atoms with Gasteiger partial charge in [0.15, 0.2) is 0 Å². The van der Waals surface area contributed by atoms with Gasteiger partial charge in [-0.2, -0.15) is 22.0 Å². The van der Waals surface area contributed by atoms with E-state index < -0.39 is 18.0 Å². The fourth-order valence-corrected chi connectivity index (χ4v) is 1.37. The van der Waals surface area contributed by atoms with Crippen LogP contribution in [0.5, 0.6) is 0 Å². The van der Waals surface area contributed by atoms with E-state index in [2.05, 4.69) is 5.32 Å². The lowest BCUT2D eigenvalue weighted by atomic mass is 10.2. The van der Waals surface area contributed by atoms with Crippen LogP contribution in [0.2, 0.25) is 0 Å². The lowest BCUT2D eigenvalue weighted by molar-refractivity contribution is -0.267. The largest absolute Gasteiger partial charge is 0.463 e. The monoisotopic (exact) mass is 296 g/mol. The van der Waals surface area contributed by atoms with Gasteiger partial charge in [0, 0.05) is 12.2 Å². The van der Waals surface area contributed by atoms with Gasteiger partial charge in [0.05, 0.1) is 0 Å². The van der Waals surface area contributed by atoms with Crippen LogP contribution in [0.25, 0.3) is 0 Å². The molecule has 0 aromatic heterocycles. The average molecular weight is 296 g/mol. The smallest absolute Gasteiger partial charge is 0.321 e. The summed E-state index contributed by atoms with van der Waals surface area (Å²) in [5.74, 6) is -7.82. The number of carbonyl (C=O) groups excluding carboxylic acids is 1. The van der Waals surface area contributed by atoms with Crippen LogP contribution in [0.15, 0.2) is 24.3 Å². The lowest BCUT2D eigenvalue weighted by Crippen LogP contribution is -2.47. The van der Waals surface area contributed by atoms with Gasteiger partial charge >= 0.3 is 18.0 Å². The average Bonchev–Trinajstić information content (AvgIpc) is 2.35. The molecule has 0 spiro atoms. The summed E-state index contributed by atoms with van der Waals surface area (Å²) in [6, 6.07) is 5.67. The molecule has 0 unspecified atom stereocenters. The van der Waals surface area contributed by atoms with Crippen molar-refractivity contribution in [3.05, 3.63) is 29.8 Å². The Morgan fingerprint density at radius 1 is 1.20 bits per heavy atom. The Bertz CT molecular complexity index is 473. The number of amides is 1. The summed E-state index contributed by atoms with van der Waals surface area (Å²) in [7, 11) is 0. The molecule has 0 aliphatic carbocycles. The van der Waals surface area contributed by atoms with Crippen molar-refractivity contribution in [3.63, 3.8) is 0 Å². The maximum Gasteiger partial charge on any atom is 0.463 e. The second kappa shape index (κ2) is 6.17. The van der Waals surface area contributed by atoms with Crippen molar-refractivity contribution in [2.75, 3.05) is 11.9 Å².